The van der Waals surface area contributed by atoms with E-state index in [1.807, 2.05) is 36.4 Å². The fraction of sp³-hybridized carbons (Fsp3) is 0.133. The number of ketones is 1. The third-order valence-electron chi connectivity index (χ3n) is 2.71. The topological polar surface area (TPSA) is 37.3 Å². The van der Waals surface area contributed by atoms with Crippen LogP contribution in [0.5, 0.6) is 0 Å². The molecule has 2 rings (SSSR count). The number of aliphatic hydroxyl groups excluding tert-OH is 1. The monoisotopic (exact) mass is 226 g/mol. The van der Waals surface area contributed by atoms with Crippen molar-refractivity contribution in [3.63, 3.8) is 0 Å². The molecule has 0 saturated heterocycles. The number of carbonyl (C=O) groups excluding carboxylic acids is 1. The summed E-state index contributed by atoms with van der Waals surface area (Å²) in [5.74, 6) is -0.331. The Hall–Kier alpha value is -2.09. The third kappa shape index (κ3) is 2.94. The summed E-state index contributed by atoms with van der Waals surface area (Å²) in [5.41, 5.74) is 0.982. The van der Waals surface area contributed by atoms with Gasteiger partial charge in [-0.25, -0.2) is 0 Å². The van der Waals surface area contributed by atoms with Crippen molar-refractivity contribution in [3.8, 4) is 0 Å². The second kappa shape index (κ2) is 5.30. The van der Waals surface area contributed by atoms with Crippen molar-refractivity contribution < 1.29 is 9.90 Å². The molecular weight excluding hydrogens is 212 g/mol. The molecule has 0 fully saturated rings. The van der Waals surface area contributed by atoms with Crippen molar-refractivity contribution in [1.29, 1.82) is 0 Å². The third-order valence-corrected chi connectivity index (χ3v) is 2.71. The summed E-state index contributed by atoms with van der Waals surface area (Å²) in [4.78, 5) is 11.9. The second-order valence-electron chi connectivity index (χ2n) is 3.95. The number of benzene rings is 1. The van der Waals surface area contributed by atoms with Crippen LogP contribution in [-0.4, -0.2) is 10.9 Å². The van der Waals surface area contributed by atoms with Crippen molar-refractivity contribution >= 4 is 11.9 Å². The highest BCUT2D eigenvalue weighted by Crippen LogP contribution is 2.20. The van der Waals surface area contributed by atoms with Crippen LogP contribution in [0.25, 0.3) is 6.08 Å². The van der Waals surface area contributed by atoms with Crippen LogP contribution in [0.1, 0.15) is 12.0 Å². The lowest BCUT2D eigenvalue weighted by molar-refractivity contribution is -0.117. The summed E-state index contributed by atoms with van der Waals surface area (Å²) in [6, 6.07) is 9.63. The maximum absolute atomic E-state index is 11.9. The highest BCUT2D eigenvalue weighted by Gasteiger charge is 2.20. The molecule has 0 amide bonds. The zero-order valence-electron chi connectivity index (χ0n) is 9.41. The summed E-state index contributed by atoms with van der Waals surface area (Å²) >= 11 is 0. The summed E-state index contributed by atoms with van der Waals surface area (Å²) in [6.45, 7) is 0. The average molecular weight is 226 g/mol. The number of aliphatic hydroxyl groups is 1. The van der Waals surface area contributed by atoms with Gasteiger partial charge in [-0.3, -0.25) is 4.79 Å². The Morgan fingerprint density at radius 2 is 2.06 bits per heavy atom. The van der Waals surface area contributed by atoms with Crippen molar-refractivity contribution in [2.45, 2.75) is 6.42 Å². The molecule has 0 radical (unpaired) electrons. The van der Waals surface area contributed by atoms with Crippen molar-refractivity contribution in [2.24, 2.45) is 5.92 Å². The maximum Gasteiger partial charge on any atom is 0.166 e. The van der Waals surface area contributed by atoms with Crippen molar-refractivity contribution in [1.82, 2.24) is 0 Å². The Bertz CT molecular complexity index is 481. The summed E-state index contributed by atoms with van der Waals surface area (Å²) in [5, 5.41) is 9.59. The zero-order chi connectivity index (χ0) is 12.1. The highest BCUT2D eigenvalue weighted by molar-refractivity contribution is 5.97. The molecule has 86 valence electrons. The SMILES string of the molecule is O=C(/C=C/c1ccccc1)C1CC=CC=C1O. The van der Waals surface area contributed by atoms with E-state index in [9.17, 15) is 9.90 Å². The maximum atomic E-state index is 11.9. The molecule has 0 bridgehead atoms. The second-order valence-corrected chi connectivity index (χ2v) is 3.95. The predicted octanol–water partition coefficient (Wildman–Crippen LogP) is 3.29. The standard InChI is InChI=1S/C15H14O2/c16-14-9-5-4-8-13(14)15(17)11-10-12-6-2-1-3-7-12/h1-7,9-11,13,16H,8H2/b11-10+. The normalized spacial score (nSPS) is 19.3. The number of rotatable bonds is 3. The lowest BCUT2D eigenvalue weighted by Crippen LogP contribution is -2.15. The van der Waals surface area contributed by atoms with Gasteiger partial charge < -0.3 is 5.11 Å². The molecule has 0 aromatic heterocycles. The van der Waals surface area contributed by atoms with E-state index in [-0.39, 0.29) is 11.5 Å². The average Bonchev–Trinajstić information content (AvgIpc) is 2.38. The molecule has 17 heavy (non-hydrogen) atoms. The van der Waals surface area contributed by atoms with Gasteiger partial charge in [-0.1, -0.05) is 48.6 Å². The van der Waals surface area contributed by atoms with E-state index < -0.39 is 5.92 Å². The van der Waals surface area contributed by atoms with E-state index in [4.69, 9.17) is 0 Å². The Balaban J connectivity index is 2.05. The molecule has 1 aromatic carbocycles. The van der Waals surface area contributed by atoms with Crippen LogP contribution >= 0.6 is 0 Å². The quantitative estimate of drug-likeness (QED) is 0.803. The predicted molar refractivity (Wildman–Crippen MR) is 68.4 cm³/mol. The Kier molecular flexibility index (Phi) is 3.55. The fourth-order valence-corrected chi connectivity index (χ4v) is 1.74. The molecule has 1 aliphatic rings. The largest absolute Gasteiger partial charge is 0.512 e. The van der Waals surface area contributed by atoms with Gasteiger partial charge in [0.25, 0.3) is 0 Å². The summed E-state index contributed by atoms with van der Waals surface area (Å²) in [7, 11) is 0. The fourth-order valence-electron chi connectivity index (χ4n) is 1.74. The van der Waals surface area contributed by atoms with E-state index >= 15 is 0 Å². The number of carbonyl (C=O) groups is 1. The van der Waals surface area contributed by atoms with Crippen molar-refractivity contribution in [3.05, 3.63) is 66.0 Å². The molecule has 2 heteroatoms. The molecule has 0 spiro atoms. The number of hydrogen-bond acceptors (Lipinski definition) is 2. The van der Waals surface area contributed by atoms with E-state index in [1.54, 1.807) is 18.2 Å². The van der Waals surface area contributed by atoms with Gasteiger partial charge in [-0.05, 0) is 24.1 Å². The molecule has 1 aromatic rings. The van der Waals surface area contributed by atoms with Crippen molar-refractivity contribution in [2.75, 3.05) is 0 Å². The number of hydrogen-bond donors (Lipinski definition) is 1. The van der Waals surface area contributed by atoms with Gasteiger partial charge >= 0.3 is 0 Å². The first kappa shape index (κ1) is 11.4. The van der Waals surface area contributed by atoms with Gasteiger partial charge in [0, 0.05) is 0 Å². The first-order valence-electron chi connectivity index (χ1n) is 5.60. The van der Waals surface area contributed by atoms with Crippen LogP contribution in [0.4, 0.5) is 0 Å². The molecule has 0 saturated carbocycles. The molecule has 0 aliphatic heterocycles. The first-order valence-corrected chi connectivity index (χ1v) is 5.60. The molecule has 0 heterocycles. The van der Waals surface area contributed by atoms with Gasteiger partial charge in [0.2, 0.25) is 0 Å². The van der Waals surface area contributed by atoms with Gasteiger partial charge in [0.1, 0.15) is 5.76 Å². The van der Waals surface area contributed by atoms with E-state index in [0.29, 0.717) is 6.42 Å². The minimum absolute atomic E-state index is 0.0630. The van der Waals surface area contributed by atoms with Crippen LogP contribution in [0.15, 0.2) is 60.4 Å². The molecule has 1 aliphatic carbocycles. The van der Waals surface area contributed by atoms with Gasteiger partial charge in [0.05, 0.1) is 5.92 Å². The van der Waals surface area contributed by atoms with E-state index in [2.05, 4.69) is 0 Å². The zero-order valence-corrected chi connectivity index (χ0v) is 9.41. The smallest absolute Gasteiger partial charge is 0.166 e. The van der Waals surface area contributed by atoms with Gasteiger partial charge in [0.15, 0.2) is 5.78 Å². The van der Waals surface area contributed by atoms with Crippen LogP contribution in [0, 0.1) is 5.92 Å². The molecule has 2 nitrogen and oxygen atoms in total. The molecule has 1 atom stereocenters. The Labute approximate surface area is 101 Å². The highest BCUT2D eigenvalue weighted by atomic mass is 16.3. The Morgan fingerprint density at radius 1 is 1.29 bits per heavy atom. The van der Waals surface area contributed by atoms with Gasteiger partial charge in [-0.15, -0.1) is 0 Å². The lowest BCUT2D eigenvalue weighted by atomic mass is 9.93. The van der Waals surface area contributed by atoms with Crippen LogP contribution < -0.4 is 0 Å². The molecular formula is C15H14O2. The van der Waals surface area contributed by atoms with Crippen LogP contribution in [-0.2, 0) is 4.79 Å². The van der Waals surface area contributed by atoms with Crippen LogP contribution in [0.2, 0.25) is 0 Å². The lowest BCUT2D eigenvalue weighted by Gasteiger charge is -2.13. The minimum atomic E-state index is -0.417. The molecule has 1 unspecified atom stereocenters. The molecule has 1 N–H and O–H groups in total. The van der Waals surface area contributed by atoms with Gasteiger partial charge in [-0.2, -0.15) is 0 Å². The van der Waals surface area contributed by atoms with E-state index in [0.717, 1.165) is 5.56 Å². The minimum Gasteiger partial charge on any atom is -0.512 e. The summed E-state index contributed by atoms with van der Waals surface area (Å²) in [6.07, 6.45) is 9.10. The summed E-state index contributed by atoms with van der Waals surface area (Å²) < 4.78 is 0. The first-order chi connectivity index (χ1) is 8.27. The Morgan fingerprint density at radius 3 is 2.76 bits per heavy atom. The number of allylic oxidation sites excluding steroid dienone is 5. The van der Waals surface area contributed by atoms with Crippen LogP contribution in [0.3, 0.4) is 0 Å². The van der Waals surface area contributed by atoms with E-state index in [1.165, 1.54) is 6.08 Å².